The molecule has 1 unspecified atom stereocenters. The number of hydrogen-bond donors (Lipinski definition) is 2. The second-order valence-electron chi connectivity index (χ2n) is 7.07. The monoisotopic (exact) mass is 355 g/mol. The molecule has 0 bridgehead atoms. The number of amides is 2. The fourth-order valence-corrected chi connectivity index (χ4v) is 3.95. The fourth-order valence-electron chi connectivity index (χ4n) is 3.95. The highest BCUT2D eigenvalue weighted by Crippen LogP contribution is 2.32. The largest absolute Gasteiger partial charge is 0.372 e. The Morgan fingerprint density at radius 3 is 2.85 bits per heavy atom. The van der Waals surface area contributed by atoms with E-state index in [1.807, 2.05) is 18.2 Å². The molecule has 3 rings (SSSR count). The normalized spacial score (nSPS) is 19.1. The van der Waals surface area contributed by atoms with Gasteiger partial charge < -0.3 is 15.5 Å². The number of para-hydroxylation sites is 1. The molecule has 26 heavy (non-hydrogen) atoms. The standard InChI is InChI=1S/C21H29N3O2/c1-2-24(16-9-4-3-5-10-16)14-8-13-22-20(25)15-18-17-11-6-7-12-19(17)23-21(18)26/h3-5,9-10,19H,2,6-8,11-15H2,1H3,(H,22,25)(H,23,26). The molecular weight excluding hydrogens is 326 g/mol. The second-order valence-corrected chi connectivity index (χ2v) is 7.07. The fraction of sp³-hybridized carbons (Fsp3) is 0.524. The predicted octanol–water partition coefficient (Wildman–Crippen LogP) is 2.78. The average molecular weight is 355 g/mol. The summed E-state index contributed by atoms with van der Waals surface area (Å²) in [4.78, 5) is 26.7. The average Bonchev–Trinajstić information content (AvgIpc) is 2.98. The minimum atomic E-state index is -0.0448. The molecule has 1 fully saturated rings. The number of nitrogens with zero attached hydrogens (tertiary/aromatic N) is 1. The Hall–Kier alpha value is -2.30. The van der Waals surface area contributed by atoms with Crippen molar-refractivity contribution in [3.8, 4) is 0 Å². The smallest absolute Gasteiger partial charge is 0.248 e. The summed E-state index contributed by atoms with van der Waals surface area (Å²) in [7, 11) is 0. The van der Waals surface area contributed by atoms with E-state index in [0.29, 0.717) is 12.1 Å². The van der Waals surface area contributed by atoms with Gasteiger partial charge in [-0.2, -0.15) is 0 Å². The molecule has 1 aliphatic carbocycles. The first kappa shape index (κ1) is 18.5. The summed E-state index contributed by atoms with van der Waals surface area (Å²) in [5, 5.41) is 6.00. The van der Waals surface area contributed by atoms with Crippen molar-refractivity contribution in [1.82, 2.24) is 10.6 Å². The van der Waals surface area contributed by atoms with Gasteiger partial charge in [-0.05, 0) is 50.3 Å². The van der Waals surface area contributed by atoms with E-state index in [2.05, 4.69) is 34.6 Å². The molecular formula is C21H29N3O2. The van der Waals surface area contributed by atoms with Crippen LogP contribution in [0.15, 0.2) is 41.5 Å². The molecule has 1 atom stereocenters. The lowest BCUT2D eigenvalue weighted by molar-refractivity contribution is -0.123. The van der Waals surface area contributed by atoms with E-state index in [-0.39, 0.29) is 24.3 Å². The number of carbonyl (C=O) groups is 2. The zero-order chi connectivity index (χ0) is 18.4. The van der Waals surface area contributed by atoms with Crippen molar-refractivity contribution >= 4 is 17.5 Å². The van der Waals surface area contributed by atoms with Gasteiger partial charge in [-0.1, -0.05) is 24.6 Å². The summed E-state index contributed by atoms with van der Waals surface area (Å²) >= 11 is 0. The van der Waals surface area contributed by atoms with E-state index < -0.39 is 0 Å². The van der Waals surface area contributed by atoms with Crippen molar-refractivity contribution in [3.63, 3.8) is 0 Å². The maximum Gasteiger partial charge on any atom is 0.248 e. The van der Waals surface area contributed by atoms with E-state index in [9.17, 15) is 9.59 Å². The molecule has 0 spiro atoms. The molecule has 2 amide bonds. The van der Waals surface area contributed by atoms with Gasteiger partial charge in [0.25, 0.3) is 0 Å². The van der Waals surface area contributed by atoms with E-state index >= 15 is 0 Å². The Morgan fingerprint density at radius 2 is 2.08 bits per heavy atom. The van der Waals surface area contributed by atoms with Gasteiger partial charge in [0.2, 0.25) is 11.8 Å². The third kappa shape index (κ3) is 4.45. The van der Waals surface area contributed by atoms with E-state index in [1.165, 1.54) is 11.3 Å². The van der Waals surface area contributed by atoms with Gasteiger partial charge in [-0.15, -0.1) is 0 Å². The number of fused-ring (bicyclic) bond motifs is 1. The first-order valence-electron chi connectivity index (χ1n) is 9.78. The van der Waals surface area contributed by atoms with Crippen molar-refractivity contribution in [2.24, 2.45) is 0 Å². The molecule has 1 saturated carbocycles. The molecule has 1 aromatic rings. The topological polar surface area (TPSA) is 61.4 Å². The van der Waals surface area contributed by atoms with Crippen LogP contribution in [0.25, 0.3) is 0 Å². The minimum absolute atomic E-state index is 0.0386. The SMILES string of the molecule is CCN(CCCNC(=O)CC1=C2CCCCC2NC1=O)c1ccccc1. The lowest BCUT2D eigenvalue weighted by Gasteiger charge is -2.23. The van der Waals surface area contributed by atoms with Crippen LogP contribution in [0.4, 0.5) is 5.69 Å². The molecule has 1 heterocycles. The van der Waals surface area contributed by atoms with Gasteiger partial charge in [0.1, 0.15) is 0 Å². The Bertz CT molecular complexity index is 669. The molecule has 5 heteroatoms. The number of carbonyl (C=O) groups excluding carboxylic acids is 2. The molecule has 0 saturated heterocycles. The van der Waals surface area contributed by atoms with Crippen LogP contribution in [0, 0.1) is 0 Å². The van der Waals surface area contributed by atoms with Crippen molar-refractivity contribution in [2.75, 3.05) is 24.5 Å². The van der Waals surface area contributed by atoms with Gasteiger partial charge in [0.05, 0.1) is 12.5 Å². The highest BCUT2D eigenvalue weighted by atomic mass is 16.2. The third-order valence-corrected chi connectivity index (χ3v) is 5.34. The van der Waals surface area contributed by atoms with Crippen LogP contribution in [0.5, 0.6) is 0 Å². The van der Waals surface area contributed by atoms with Crippen molar-refractivity contribution in [1.29, 1.82) is 0 Å². The van der Waals surface area contributed by atoms with Gasteiger partial charge >= 0.3 is 0 Å². The zero-order valence-electron chi connectivity index (χ0n) is 15.6. The first-order valence-corrected chi connectivity index (χ1v) is 9.78. The molecule has 0 radical (unpaired) electrons. The highest BCUT2D eigenvalue weighted by molar-refractivity contribution is 6.02. The van der Waals surface area contributed by atoms with E-state index in [0.717, 1.165) is 45.2 Å². The second kappa shape index (κ2) is 8.88. The third-order valence-electron chi connectivity index (χ3n) is 5.34. The number of benzene rings is 1. The lowest BCUT2D eigenvalue weighted by atomic mass is 9.88. The van der Waals surface area contributed by atoms with Crippen molar-refractivity contribution in [2.45, 2.75) is 51.5 Å². The quantitative estimate of drug-likeness (QED) is 0.705. The summed E-state index contributed by atoms with van der Waals surface area (Å²) in [6, 6.07) is 10.5. The summed E-state index contributed by atoms with van der Waals surface area (Å²) in [6.07, 6.45) is 5.34. The van der Waals surface area contributed by atoms with Crippen LogP contribution in [0.2, 0.25) is 0 Å². The van der Waals surface area contributed by atoms with Gasteiger partial charge in [-0.25, -0.2) is 0 Å². The Morgan fingerprint density at radius 1 is 1.27 bits per heavy atom. The van der Waals surface area contributed by atoms with Crippen LogP contribution in [-0.2, 0) is 9.59 Å². The zero-order valence-corrected chi connectivity index (χ0v) is 15.6. The summed E-state index contributed by atoms with van der Waals surface area (Å²) in [5.41, 5.74) is 3.10. The Labute approximate surface area is 155 Å². The summed E-state index contributed by atoms with van der Waals surface area (Å²) < 4.78 is 0. The first-order chi connectivity index (χ1) is 12.7. The van der Waals surface area contributed by atoms with Gasteiger partial charge in [0, 0.05) is 30.9 Å². The van der Waals surface area contributed by atoms with Crippen molar-refractivity contribution in [3.05, 3.63) is 41.5 Å². The Balaban J connectivity index is 1.44. The van der Waals surface area contributed by atoms with E-state index in [1.54, 1.807) is 0 Å². The number of anilines is 1. The van der Waals surface area contributed by atoms with Crippen LogP contribution < -0.4 is 15.5 Å². The summed E-state index contributed by atoms with van der Waals surface area (Å²) in [6.45, 7) is 4.61. The predicted molar refractivity (Wildman–Crippen MR) is 104 cm³/mol. The number of rotatable bonds is 8. The van der Waals surface area contributed by atoms with E-state index in [4.69, 9.17) is 0 Å². The van der Waals surface area contributed by atoms with Gasteiger partial charge in [-0.3, -0.25) is 9.59 Å². The van der Waals surface area contributed by atoms with Crippen LogP contribution >= 0.6 is 0 Å². The summed E-state index contributed by atoms with van der Waals surface area (Å²) in [5.74, 6) is -0.0834. The molecule has 2 aliphatic rings. The van der Waals surface area contributed by atoms with Crippen LogP contribution in [0.1, 0.15) is 45.4 Å². The molecule has 5 nitrogen and oxygen atoms in total. The maximum absolute atomic E-state index is 12.3. The Kier molecular flexibility index (Phi) is 6.31. The highest BCUT2D eigenvalue weighted by Gasteiger charge is 2.33. The minimum Gasteiger partial charge on any atom is -0.372 e. The number of nitrogens with one attached hydrogen (secondary N) is 2. The number of hydrogen-bond acceptors (Lipinski definition) is 3. The van der Waals surface area contributed by atoms with Crippen LogP contribution in [-0.4, -0.2) is 37.5 Å². The van der Waals surface area contributed by atoms with Crippen molar-refractivity contribution < 1.29 is 9.59 Å². The molecule has 1 aromatic carbocycles. The molecule has 0 aromatic heterocycles. The van der Waals surface area contributed by atoms with Crippen LogP contribution in [0.3, 0.4) is 0 Å². The van der Waals surface area contributed by atoms with Gasteiger partial charge in [0.15, 0.2) is 0 Å². The molecule has 140 valence electrons. The maximum atomic E-state index is 12.3. The molecule has 1 aliphatic heterocycles. The lowest BCUT2D eigenvalue weighted by Crippen LogP contribution is -2.31. The molecule has 2 N–H and O–H groups in total.